The molecule has 1 N–H and O–H groups in total. The lowest BCUT2D eigenvalue weighted by Crippen LogP contribution is -1.95. The molecule has 0 fully saturated rings. The van der Waals surface area contributed by atoms with Gasteiger partial charge in [0.1, 0.15) is 30.1 Å². The molecule has 4 rings (SSSR count). The first kappa shape index (κ1) is 18.7. The summed E-state index contributed by atoms with van der Waals surface area (Å²) in [6.07, 6.45) is 4.11. The summed E-state index contributed by atoms with van der Waals surface area (Å²) in [7, 11) is 1.66. The first-order valence-corrected chi connectivity index (χ1v) is 9.48. The number of aromatic nitrogens is 4. The lowest BCUT2D eigenvalue weighted by molar-refractivity contribution is 0.306. The van der Waals surface area contributed by atoms with Crippen LogP contribution < -0.4 is 9.47 Å². The smallest absolute Gasteiger partial charge is 0.119 e. The molecule has 0 amide bonds. The maximum atomic E-state index is 5.92. The van der Waals surface area contributed by atoms with Crippen LogP contribution in [-0.4, -0.2) is 27.3 Å². The molecule has 2 heterocycles. The lowest BCUT2D eigenvalue weighted by atomic mass is 10.00. The second kappa shape index (κ2) is 8.56. The average Bonchev–Trinajstić information content (AvgIpc) is 3.23. The Balaban J connectivity index is 1.54. The van der Waals surface area contributed by atoms with Crippen molar-refractivity contribution in [3.05, 3.63) is 78.4 Å². The molecule has 0 saturated carbocycles. The molecule has 6 heteroatoms. The van der Waals surface area contributed by atoms with Crippen LogP contribution in [0.3, 0.4) is 0 Å². The second-order valence-electron chi connectivity index (χ2n) is 6.54. The maximum absolute atomic E-state index is 5.92. The summed E-state index contributed by atoms with van der Waals surface area (Å²) in [5.41, 5.74) is 5.92. The van der Waals surface area contributed by atoms with Crippen LogP contribution in [0, 0.1) is 0 Å². The fraction of sp³-hybridized carbons (Fsp3) is 0.174. The molecule has 6 nitrogen and oxygen atoms in total. The number of H-pyrrole nitrogens is 1. The molecular weight excluding hydrogens is 364 g/mol. The Labute approximate surface area is 169 Å². The topological polar surface area (TPSA) is 72.9 Å². The van der Waals surface area contributed by atoms with Gasteiger partial charge in [-0.05, 0) is 47.9 Å². The number of aryl methyl sites for hydroxylation is 1. The second-order valence-corrected chi connectivity index (χ2v) is 6.54. The molecular formula is C23H22N4O2. The van der Waals surface area contributed by atoms with E-state index < -0.39 is 0 Å². The third-order valence-corrected chi connectivity index (χ3v) is 4.73. The summed E-state index contributed by atoms with van der Waals surface area (Å²) in [4.78, 5) is 8.34. The summed E-state index contributed by atoms with van der Waals surface area (Å²) in [5, 5.41) is 7.63. The van der Waals surface area contributed by atoms with E-state index in [9.17, 15) is 0 Å². The third-order valence-electron chi connectivity index (χ3n) is 4.73. The standard InChI is InChI=1S/C23H22N4O2/c1-3-20-22(23(27-26-20)21-12-13-24-15-25-21)17-6-10-19(11-7-17)29-14-16-4-8-18(28-2)9-5-16/h4-13,15H,3,14H2,1-2H3,(H,26,27). The van der Waals surface area contributed by atoms with Gasteiger partial charge in [0, 0.05) is 17.5 Å². The third kappa shape index (κ3) is 4.11. The van der Waals surface area contributed by atoms with Gasteiger partial charge in [-0.1, -0.05) is 31.2 Å². The molecule has 0 bridgehead atoms. The number of hydrogen-bond donors (Lipinski definition) is 1. The van der Waals surface area contributed by atoms with Gasteiger partial charge >= 0.3 is 0 Å². The molecule has 0 spiro atoms. The summed E-state index contributed by atoms with van der Waals surface area (Å²) < 4.78 is 11.1. The van der Waals surface area contributed by atoms with E-state index in [0.717, 1.165) is 51.7 Å². The largest absolute Gasteiger partial charge is 0.497 e. The molecule has 0 unspecified atom stereocenters. The van der Waals surface area contributed by atoms with E-state index >= 15 is 0 Å². The van der Waals surface area contributed by atoms with Gasteiger partial charge in [-0.2, -0.15) is 5.10 Å². The minimum Gasteiger partial charge on any atom is -0.497 e. The highest BCUT2D eigenvalue weighted by Gasteiger charge is 2.16. The van der Waals surface area contributed by atoms with Crippen LogP contribution >= 0.6 is 0 Å². The number of aromatic amines is 1. The molecule has 146 valence electrons. The molecule has 0 aliphatic rings. The summed E-state index contributed by atoms with van der Waals surface area (Å²) in [5.74, 6) is 1.65. The van der Waals surface area contributed by atoms with E-state index in [1.54, 1.807) is 13.3 Å². The van der Waals surface area contributed by atoms with Crippen molar-refractivity contribution in [1.82, 2.24) is 20.2 Å². The number of benzene rings is 2. The molecule has 0 radical (unpaired) electrons. The van der Waals surface area contributed by atoms with Gasteiger partial charge in [-0.25, -0.2) is 9.97 Å². The molecule has 0 aliphatic heterocycles. The predicted octanol–water partition coefficient (Wildman–Crippen LogP) is 4.68. The van der Waals surface area contributed by atoms with Crippen molar-refractivity contribution in [2.24, 2.45) is 0 Å². The van der Waals surface area contributed by atoms with Crippen LogP contribution in [0.2, 0.25) is 0 Å². The Morgan fingerprint density at radius 2 is 1.69 bits per heavy atom. The zero-order chi connectivity index (χ0) is 20.1. The molecule has 0 atom stereocenters. The highest BCUT2D eigenvalue weighted by atomic mass is 16.5. The Kier molecular flexibility index (Phi) is 5.52. The summed E-state index contributed by atoms with van der Waals surface area (Å²) in [6, 6.07) is 17.8. The quantitative estimate of drug-likeness (QED) is 0.499. The molecule has 0 aliphatic carbocycles. The van der Waals surface area contributed by atoms with Crippen LogP contribution in [0.15, 0.2) is 67.1 Å². The van der Waals surface area contributed by atoms with E-state index in [4.69, 9.17) is 9.47 Å². The van der Waals surface area contributed by atoms with Gasteiger partial charge in [-0.15, -0.1) is 0 Å². The van der Waals surface area contributed by atoms with Crippen molar-refractivity contribution in [3.63, 3.8) is 0 Å². The average molecular weight is 386 g/mol. The Morgan fingerprint density at radius 1 is 0.931 bits per heavy atom. The number of nitrogens with zero attached hydrogens (tertiary/aromatic N) is 3. The van der Waals surface area contributed by atoms with Crippen molar-refractivity contribution in [1.29, 1.82) is 0 Å². The fourth-order valence-electron chi connectivity index (χ4n) is 3.17. The number of methoxy groups -OCH3 is 1. The predicted molar refractivity (Wildman–Crippen MR) is 112 cm³/mol. The minimum absolute atomic E-state index is 0.501. The number of nitrogens with one attached hydrogen (secondary N) is 1. The zero-order valence-electron chi connectivity index (χ0n) is 16.4. The first-order valence-electron chi connectivity index (χ1n) is 9.48. The Hall–Kier alpha value is -3.67. The summed E-state index contributed by atoms with van der Waals surface area (Å²) >= 11 is 0. The monoisotopic (exact) mass is 386 g/mol. The van der Waals surface area contributed by atoms with Crippen LogP contribution in [0.1, 0.15) is 18.2 Å². The maximum Gasteiger partial charge on any atom is 0.119 e. The van der Waals surface area contributed by atoms with Gasteiger partial charge in [0.2, 0.25) is 0 Å². The molecule has 29 heavy (non-hydrogen) atoms. The van der Waals surface area contributed by atoms with E-state index in [1.165, 1.54) is 6.33 Å². The van der Waals surface area contributed by atoms with Crippen LogP contribution in [-0.2, 0) is 13.0 Å². The summed E-state index contributed by atoms with van der Waals surface area (Å²) in [6.45, 7) is 2.61. The van der Waals surface area contributed by atoms with Crippen molar-refractivity contribution in [2.75, 3.05) is 7.11 Å². The lowest BCUT2D eigenvalue weighted by Gasteiger charge is -2.09. The van der Waals surface area contributed by atoms with Crippen LogP contribution in [0.5, 0.6) is 11.5 Å². The molecule has 4 aromatic rings. The SMILES string of the molecule is CCc1[nH]nc(-c2ccncn2)c1-c1ccc(OCc2ccc(OC)cc2)cc1. The van der Waals surface area contributed by atoms with Gasteiger partial charge in [0.15, 0.2) is 0 Å². The minimum atomic E-state index is 0.501. The fourth-order valence-corrected chi connectivity index (χ4v) is 3.17. The van der Waals surface area contributed by atoms with Crippen LogP contribution in [0.4, 0.5) is 0 Å². The van der Waals surface area contributed by atoms with Crippen LogP contribution in [0.25, 0.3) is 22.5 Å². The van der Waals surface area contributed by atoms with Gasteiger partial charge in [0.25, 0.3) is 0 Å². The molecule has 2 aromatic carbocycles. The Morgan fingerprint density at radius 3 is 2.34 bits per heavy atom. The zero-order valence-corrected chi connectivity index (χ0v) is 16.4. The van der Waals surface area contributed by atoms with E-state index in [2.05, 4.69) is 39.2 Å². The van der Waals surface area contributed by atoms with Gasteiger partial charge < -0.3 is 9.47 Å². The van der Waals surface area contributed by atoms with E-state index in [1.807, 2.05) is 42.5 Å². The first-order chi connectivity index (χ1) is 14.3. The number of rotatable bonds is 7. The number of hydrogen-bond acceptors (Lipinski definition) is 5. The Bertz CT molecular complexity index is 1060. The highest BCUT2D eigenvalue weighted by Crippen LogP contribution is 2.33. The van der Waals surface area contributed by atoms with Crippen molar-refractivity contribution in [2.45, 2.75) is 20.0 Å². The van der Waals surface area contributed by atoms with Crippen molar-refractivity contribution < 1.29 is 9.47 Å². The molecule has 2 aromatic heterocycles. The van der Waals surface area contributed by atoms with Crippen molar-refractivity contribution in [3.8, 4) is 34.0 Å². The molecule has 0 saturated heterocycles. The van der Waals surface area contributed by atoms with E-state index in [0.29, 0.717) is 6.61 Å². The normalized spacial score (nSPS) is 10.7. The van der Waals surface area contributed by atoms with E-state index in [-0.39, 0.29) is 0 Å². The van der Waals surface area contributed by atoms with Gasteiger partial charge in [-0.3, -0.25) is 5.10 Å². The highest BCUT2D eigenvalue weighted by molar-refractivity contribution is 5.81. The number of ether oxygens (including phenoxy) is 2. The van der Waals surface area contributed by atoms with Crippen molar-refractivity contribution >= 4 is 0 Å². The van der Waals surface area contributed by atoms with Gasteiger partial charge in [0.05, 0.1) is 12.8 Å².